The summed E-state index contributed by atoms with van der Waals surface area (Å²) in [7, 11) is -3.42. The van der Waals surface area contributed by atoms with Crippen LogP contribution in [0.5, 0.6) is 5.75 Å². The quantitative estimate of drug-likeness (QED) is 0.709. The Kier molecular flexibility index (Phi) is 5.89. The number of hydrogen-bond acceptors (Lipinski definition) is 5. The maximum Gasteiger partial charge on any atom is 0.255 e. The highest BCUT2D eigenvalue weighted by Crippen LogP contribution is 2.37. The van der Waals surface area contributed by atoms with Crippen LogP contribution in [-0.4, -0.2) is 45.3 Å². The van der Waals surface area contributed by atoms with E-state index in [1.807, 2.05) is 6.92 Å². The van der Waals surface area contributed by atoms with Gasteiger partial charge in [-0.05, 0) is 68.7 Å². The molecule has 1 amide bonds. The van der Waals surface area contributed by atoms with Gasteiger partial charge in [-0.25, -0.2) is 8.42 Å². The SMILES string of the molecule is CCS(=O)(=O)c1cc(C(=O)NC(CC2CC2)C2CCCN2)c2c(c1C)CCCO2. The van der Waals surface area contributed by atoms with E-state index in [1.165, 1.54) is 12.8 Å². The van der Waals surface area contributed by atoms with Crippen molar-refractivity contribution >= 4 is 15.7 Å². The molecule has 7 heteroatoms. The summed E-state index contributed by atoms with van der Waals surface area (Å²) in [5.41, 5.74) is 1.97. The van der Waals surface area contributed by atoms with Crippen molar-refractivity contribution in [2.45, 2.75) is 75.8 Å². The van der Waals surface area contributed by atoms with Crippen LogP contribution >= 0.6 is 0 Å². The normalized spacial score (nSPS) is 22.6. The largest absolute Gasteiger partial charge is 0.492 e. The van der Waals surface area contributed by atoms with E-state index in [2.05, 4.69) is 10.6 Å². The Bertz CT molecular complexity index is 887. The first-order valence-corrected chi connectivity index (χ1v) is 12.6. The minimum atomic E-state index is -3.42. The van der Waals surface area contributed by atoms with Crippen molar-refractivity contribution in [2.24, 2.45) is 5.92 Å². The lowest BCUT2D eigenvalue weighted by molar-refractivity contribution is 0.0919. The van der Waals surface area contributed by atoms with Crippen LogP contribution in [0.25, 0.3) is 0 Å². The van der Waals surface area contributed by atoms with E-state index in [0.29, 0.717) is 29.9 Å². The lowest BCUT2D eigenvalue weighted by atomic mass is 9.95. The molecule has 2 fully saturated rings. The van der Waals surface area contributed by atoms with Crippen molar-refractivity contribution in [3.63, 3.8) is 0 Å². The number of fused-ring (bicyclic) bond motifs is 1. The number of sulfone groups is 1. The summed E-state index contributed by atoms with van der Waals surface area (Å²) in [5.74, 6) is 1.08. The molecule has 1 aliphatic carbocycles. The Morgan fingerprint density at radius 3 is 2.76 bits per heavy atom. The van der Waals surface area contributed by atoms with Crippen LogP contribution < -0.4 is 15.4 Å². The summed E-state index contributed by atoms with van der Waals surface area (Å²) in [4.78, 5) is 13.6. The summed E-state index contributed by atoms with van der Waals surface area (Å²) >= 11 is 0. The zero-order valence-electron chi connectivity index (χ0n) is 17.4. The van der Waals surface area contributed by atoms with Gasteiger partial charge in [0.2, 0.25) is 0 Å². The summed E-state index contributed by atoms with van der Waals surface area (Å²) in [6.07, 6.45) is 7.23. The number of ether oxygens (including phenoxy) is 1. The minimum Gasteiger partial charge on any atom is -0.492 e. The molecule has 1 aromatic carbocycles. The van der Waals surface area contributed by atoms with Gasteiger partial charge in [-0.15, -0.1) is 0 Å². The zero-order chi connectivity index (χ0) is 20.6. The fourth-order valence-electron chi connectivity index (χ4n) is 4.66. The van der Waals surface area contributed by atoms with Gasteiger partial charge in [0.05, 0.1) is 22.8 Å². The first-order chi connectivity index (χ1) is 13.9. The number of nitrogens with one attached hydrogen (secondary N) is 2. The van der Waals surface area contributed by atoms with Crippen molar-refractivity contribution in [3.8, 4) is 5.75 Å². The monoisotopic (exact) mass is 420 g/mol. The van der Waals surface area contributed by atoms with Crippen LogP contribution in [0.1, 0.15) is 66.9 Å². The molecule has 1 saturated carbocycles. The first-order valence-electron chi connectivity index (χ1n) is 11.0. The Morgan fingerprint density at radius 2 is 2.10 bits per heavy atom. The fourth-order valence-corrected chi connectivity index (χ4v) is 5.86. The molecule has 1 saturated heterocycles. The second-order valence-electron chi connectivity index (χ2n) is 8.67. The van der Waals surface area contributed by atoms with Gasteiger partial charge in [-0.2, -0.15) is 0 Å². The van der Waals surface area contributed by atoms with Crippen LogP contribution in [0.3, 0.4) is 0 Å². The fraction of sp³-hybridized carbons (Fsp3) is 0.682. The highest BCUT2D eigenvalue weighted by molar-refractivity contribution is 7.91. The molecule has 0 spiro atoms. The number of carbonyl (C=O) groups is 1. The molecule has 0 aromatic heterocycles. The molecule has 6 nitrogen and oxygen atoms in total. The summed E-state index contributed by atoms with van der Waals surface area (Å²) in [6.45, 7) is 5.02. The Balaban J connectivity index is 1.68. The lowest BCUT2D eigenvalue weighted by Crippen LogP contribution is -2.47. The molecule has 2 atom stereocenters. The maximum absolute atomic E-state index is 13.4. The number of carbonyl (C=O) groups excluding carboxylic acids is 1. The van der Waals surface area contributed by atoms with Gasteiger partial charge in [0.15, 0.2) is 9.84 Å². The molecule has 2 aliphatic heterocycles. The molecule has 0 radical (unpaired) electrons. The highest BCUT2D eigenvalue weighted by atomic mass is 32.2. The minimum absolute atomic E-state index is 0.0187. The second-order valence-corrected chi connectivity index (χ2v) is 10.9. The van der Waals surface area contributed by atoms with E-state index in [1.54, 1.807) is 13.0 Å². The van der Waals surface area contributed by atoms with Gasteiger partial charge in [0.25, 0.3) is 5.91 Å². The van der Waals surface area contributed by atoms with E-state index >= 15 is 0 Å². The molecular weight excluding hydrogens is 388 g/mol. The van der Waals surface area contributed by atoms with E-state index in [0.717, 1.165) is 49.8 Å². The molecular formula is C22H32N2O4S. The van der Waals surface area contributed by atoms with Gasteiger partial charge in [-0.3, -0.25) is 4.79 Å². The molecule has 4 rings (SSSR count). The molecule has 1 aromatic rings. The molecule has 2 heterocycles. The zero-order valence-corrected chi connectivity index (χ0v) is 18.2. The Hall–Kier alpha value is -1.60. The second kappa shape index (κ2) is 8.26. The van der Waals surface area contributed by atoms with Gasteiger partial charge in [-0.1, -0.05) is 19.8 Å². The van der Waals surface area contributed by atoms with Crippen molar-refractivity contribution in [3.05, 3.63) is 22.8 Å². The van der Waals surface area contributed by atoms with Crippen LogP contribution in [0.4, 0.5) is 0 Å². The maximum atomic E-state index is 13.4. The topological polar surface area (TPSA) is 84.5 Å². The average molecular weight is 421 g/mol. The van der Waals surface area contributed by atoms with E-state index in [4.69, 9.17) is 4.74 Å². The summed E-state index contributed by atoms with van der Waals surface area (Å²) in [5, 5.41) is 6.76. The van der Waals surface area contributed by atoms with Crippen molar-refractivity contribution < 1.29 is 17.9 Å². The molecule has 160 valence electrons. The Labute approximate surface area is 173 Å². The molecule has 29 heavy (non-hydrogen) atoms. The summed E-state index contributed by atoms with van der Waals surface area (Å²) in [6, 6.07) is 1.91. The van der Waals surface area contributed by atoms with Crippen LogP contribution in [-0.2, 0) is 16.3 Å². The van der Waals surface area contributed by atoms with Gasteiger partial charge < -0.3 is 15.4 Å². The van der Waals surface area contributed by atoms with E-state index in [-0.39, 0.29) is 22.6 Å². The van der Waals surface area contributed by atoms with Gasteiger partial charge >= 0.3 is 0 Å². The predicted molar refractivity (Wildman–Crippen MR) is 112 cm³/mol. The highest BCUT2D eigenvalue weighted by Gasteiger charge is 2.34. The third-order valence-electron chi connectivity index (χ3n) is 6.58. The van der Waals surface area contributed by atoms with E-state index < -0.39 is 9.84 Å². The molecule has 0 bridgehead atoms. The molecule has 2 unspecified atom stereocenters. The predicted octanol–water partition coefficient (Wildman–Crippen LogP) is 2.76. The number of benzene rings is 1. The van der Waals surface area contributed by atoms with Gasteiger partial charge in [0, 0.05) is 12.1 Å². The standard InChI is InChI=1S/C22H32N2O4S/c1-3-29(26,27)20-13-17(21-16(14(20)2)6-5-11-28-21)22(25)24-19(12-15-8-9-15)18-7-4-10-23-18/h13,15,18-19,23H,3-12H2,1-2H3,(H,24,25). The van der Waals surface area contributed by atoms with Crippen LogP contribution in [0, 0.1) is 12.8 Å². The van der Waals surface area contributed by atoms with Crippen LogP contribution in [0.2, 0.25) is 0 Å². The average Bonchev–Trinajstić information content (AvgIpc) is 3.36. The lowest BCUT2D eigenvalue weighted by Gasteiger charge is -2.28. The Morgan fingerprint density at radius 1 is 1.31 bits per heavy atom. The third kappa shape index (κ3) is 4.31. The van der Waals surface area contributed by atoms with Crippen molar-refractivity contribution in [1.82, 2.24) is 10.6 Å². The van der Waals surface area contributed by atoms with Crippen LogP contribution in [0.15, 0.2) is 11.0 Å². The summed E-state index contributed by atoms with van der Waals surface area (Å²) < 4.78 is 31.3. The number of amides is 1. The smallest absolute Gasteiger partial charge is 0.255 e. The first kappa shape index (κ1) is 20.7. The van der Waals surface area contributed by atoms with E-state index in [9.17, 15) is 13.2 Å². The van der Waals surface area contributed by atoms with Gasteiger partial charge in [0.1, 0.15) is 5.75 Å². The number of hydrogen-bond donors (Lipinski definition) is 2. The molecule has 2 N–H and O–H groups in total. The van der Waals surface area contributed by atoms with Crippen molar-refractivity contribution in [2.75, 3.05) is 18.9 Å². The number of rotatable bonds is 7. The third-order valence-corrected chi connectivity index (χ3v) is 8.43. The molecule has 3 aliphatic rings. The van der Waals surface area contributed by atoms with Crippen molar-refractivity contribution in [1.29, 1.82) is 0 Å².